The van der Waals surface area contributed by atoms with Crippen LogP contribution in [0.1, 0.15) is 19.8 Å². The molecule has 0 aromatic carbocycles. The lowest BCUT2D eigenvalue weighted by Crippen LogP contribution is -1.96. The van der Waals surface area contributed by atoms with E-state index in [4.69, 9.17) is 5.73 Å². The molecule has 0 spiro atoms. The van der Waals surface area contributed by atoms with E-state index in [2.05, 4.69) is 17.0 Å². The molecule has 0 unspecified atom stereocenters. The quantitative estimate of drug-likeness (QED) is 0.659. The Morgan fingerprint density at radius 1 is 1.82 bits per heavy atom. The molecule has 0 saturated heterocycles. The third-order valence-corrected chi connectivity index (χ3v) is 1.27. The van der Waals surface area contributed by atoms with Gasteiger partial charge < -0.3 is 5.73 Å². The number of aromatic nitrogens is 2. The first kappa shape index (κ1) is 7.78. The highest BCUT2D eigenvalue weighted by atomic mass is 15.4. The number of unbranched alkanes of at least 4 members (excludes halogenated alkanes) is 1. The van der Waals surface area contributed by atoms with E-state index < -0.39 is 0 Å². The van der Waals surface area contributed by atoms with Gasteiger partial charge in [0.15, 0.2) is 0 Å². The Kier molecular flexibility index (Phi) is 2.66. The van der Waals surface area contributed by atoms with Crippen molar-refractivity contribution in [1.29, 1.82) is 0 Å². The monoisotopic (exact) mass is 152 g/mol. The van der Waals surface area contributed by atoms with Gasteiger partial charge in [0.2, 0.25) is 5.95 Å². The number of nitrogens with zero attached hydrogens (tertiary/aromatic N) is 3. The molecule has 4 heteroatoms. The lowest BCUT2D eigenvalue weighted by atomic mass is 10.4. The zero-order valence-electron chi connectivity index (χ0n) is 6.57. The minimum Gasteiger partial charge on any atom is -0.368 e. The van der Waals surface area contributed by atoms with E-state index in [0.29, 0.717) is 5.95 Å². The van der Waals surface area contributed by atoms with E-state index in [9.17, 15) is 0 Å². The van der Waals surface area contributed by atoms with Crippen molar-refractivity contribution in [3.63, 3.8) is 0 Å². The molecule has 0 saturated carbocycles. The summed E-state index contributed by atoms with van der Waals surface area (Å²) >= 11 is 0. The third-order valence-electron chi connectivity index (χ3n) is 1.27. The SMILES string of the molecule is CCC/C=N/n1ccnc1N. The first-order valence-electron chi connectivity index (χ1n) is 3.66. The normalized spacial score (nSPS) is 11.0. The van der Waals surface area contributed by atoms with Gasteiger partial charge in [-0.3, -0.25) is 0 Å². The molecule has 0 radical (unpaired) electrons. The maximum absolute atomic E-state index is 5.46. The molecular weight excluding hydrogens is 140 g/mol. The molecule has 0 aliphatic rings. The van der Waals surface area contributed by atoms with Crippen LogP contribution in [0.3, 0.4) is 0 Å². The van der Waals surface area contributed by atoms with Crippen molar-refractivity contribution in [1.82, 2.24) is 9.66 Å². The Bertz CT molecular complexity index is 238. The van der Waals surface area contributed by atoms with Crippen LogP contribution in [0.4, 0.5) is 5.95 Å². The van der Waals surface area contributed by atoms with E-state index in [-0.39, 0.29) is 0 Å². The lowest BCUT2D eigenvalue weighted by Gasteiger charge is -1.92. The van der Waals surface area contributed by atoms with Crippen molar-refractivity contribution in [2.75, 3.05) is 5.73 Å². The number of hydrogen-bond donors (Lipinski definition) is 1. The first-order chi connectivity index (χ1) is 5.34. The van der Waals surface area contributed by atoms with Crippen LogP contribution in [0.15, 0.2) is 17.5 Å². The molecule has 0 atom stereocenters. The maximum Gasteiger partial charge on any atom is 0.221 e. The molecule has 0 bridgehead atoms. The standard InChI is InChI=1S/C7H12N4/c1-2-3-4-10-11-6-5-9-7(11)8/h4-6H,2-3H2,1H3,(H2,8,9)/b10-4+. The summed E-state index contributed by atoms with van der Waals surface area (Å²) in [4.78, 5) is 3.82. The van der Waals surface area contributed by atoms with Gasteiger partial charge in [0.25, 0.3) is 0 Å². The Hall–Kier alpha value is -1.32. The molecule has 11 heavy (non-hydrogen) atoms. The highest BCUT2D eigenvalue weighted by molar-refractivity contribution is 5.57. The molecule has 2 N–H and O–H groups in total. The highest BCUT2D eigenvalue weighted by Gasteiger charge is 1.90. The van der Waals surface area contributed by atoms with Crippen LogP contribution in [0.5, 0.6) is 0 Å². The Morgan fingerprint density at radius 2 is 2.64 bits per heavy atom. The van der Waals surface area contributed by atoms with Crippen LogP contribution in [-0.2, 0) is 0 Å². The molecule has 1 aromatic rings. The minimum atomic E-state index is 0.428. The predicted octanol–water partition coefficient (Wildman–Crippen LogP) is 1.10. The molecule has 0 amide bonds. The van der Waals surface area contributed by atoms with Crippen molar-refractivity contribution < 1.29 is 0 Å². The highest BCUT2D eigenvalue weighted by Crippen LogP contribution is 1.96. The van der Waals surface area contributed by atoms with Gasteiger partial charge in [0, 0.05) is 12.4 Å². The van der Waals surface area contributed by atoms with Gasteiger partial charge in [0.1, 0.15) is 0 Å². The van der Waals surface area contributed by atoms with Gasteiger partial charge in [-0.05, 0) is 6.42 Å². The first-order valence-corrected chi connectivity index (χ1v) is 3.66. The van der Waals surface area contributed by atoms with Crippen LogP contribution in [0.2, 0.25) is 0 Å². The minimum absolute atomic E-state index is 0.428. The third kappa shape index (κ3) is 2.07. The molecule has 1 aromatic heterocycles. The Morgan fingerprint density at radius 3 is 3.18 bits per heavy atom. The molecule has 60 valence electrons. The van der Waals surface area contributed by atoms with Gasteiger partial charge in [-0.25, -0.2) is 9.66 Å². The summed E-state index contributed by atoms with van der Waals surface area (Å²) in [7, 11) is 0. The van der Waals surface area contributed by atoms with Crippen LogP contribution in [0, 0.1) is 0 Å². The van der Waals surface area contributed by atoms with Crippen LogP contribution in [-0.4, -0.2) is 15.9 Å². The van der Waals surface area contributed by atoms with Crippen molar-refractivity contribution in [2.24, 2.45) is 5.10 Å². The molecule has 0 fully saturated rings. The van der Waals surface area contributed by atoms with E-state index in [0.717, 1.165) is 12.8 Å². The molecule has 0 aliphatic carbocycles. The number of nitrogen functional groups attached to an aromatic ring is 1. The lowest BCUT2D eigenvalue weighted by molar-refractivity contribution is 0.881. The van der Waals surface area contributed by atoms with E-state index in [1.165, 1.54) is 0 Å². The average Bonchev–Trinajstić information content (AvgIpc) is 2.37. The smallest absolute Gasteiger partial charge is 0.221 e. The summed E-state index contributed by atoms with van der Waals surface area (Å²) in [5.41, 5.74) is 5.46. The van der Waals surface area contributed by atoms with Gasteiger partial charge in [-0.1, -0.05) is 13.3 Å². The van der Waals surface area contributed by atoms with Gasteiger partial charge in [0.05, 0.1) is 6.20 Å². The maximum atomic E-state index is 5.46. The fourth-order valence-electron chi connectivity index (χ4n) is 0.681. The number of rotatable bonds is 3. The molecule has 0 aliphatic heterocycles. The molecule has 4 nitrogen and oxygen atoms in total. The van der Waals surface area contributed by atoms with Crippen molar-refractivity contribution >= 4 is 12.2 Å². The van der Waals surface area contributed by atoms with Gasteiger partial charge in [-0.2, -0.15) is 5.10 Å². The van der Waals surface area contributed by atoms with Crippen molar-refractivity contribution in [3.05, 3.63) is 12.4 Å². The van der Waals surface area contributed by atoms with E-state index >= 15 is 0 Å². The van der Waals surface area contributed by atoms with Crippen molar-refractivity contribution in [3.8, 4) is 0 Å². The summed E-state index contributed by atoms with van der Waals surface area (Å²) in [6.45, 7) is 2.10. The zero-order valence-corrected chi connectivity index (χ0v) is 6.57. The summed E-state index contributed by atoms with van der Waals surface area (Å²) in [6.07, 6.45) is 7.24. The summed E-state index contributed by atoms with van der Waals surface area (Å²) in [5, 5.41) is 4.06. The van der Waals surface area contributed by atoms with E-state index in [1.54, 1.807) is 17.1 Å². The fourth-order valence-corrected chi connectivity index (χ4v) is 0.681. The average molecular weight is 152 g/mol. The molecular formula is C7H12N4. The fraction of sp³-hybridized carbons (Fsp3) is 0.429. The zero-order chi connectivity index (χ0) is 8.10. The topological polar surface area (TPSA) is 56.2 Å². The second-order valence-corrected chi connectivity index (χ2v) is 2.22. The second-order valence-electron chi connectivity index (χ2n) is 2.22. The summed E-state index contributed by atoms with van der Waals surface area (Å²) in [6, 6.07) is 0. The predicted molar refractivity (Wildman–Crippen MR) is 45.4 cm³/mol. The summed E-state index contributed by atoms with van der Waals surface area (Å²) in [5.74, 6) is 0.428. The Labute approximate surface area is 65.7 Å². The number of nitrogens with two attached hydrogens (primary N) is 1. The van der Waals surface area contributed by atoms with Gasteiger partial charge in [-0.15, -0.1) is 0 Å². The van der Waals surface area contributed by atoms with Crippen molar-refractivity contribution in [2.45, 2.75) is 19.8 Å². The van der Waals surface area contributed by atoms with E-state index in [1.807, 2.05) is 6.21 Å². The number of imidazole rings is 1. The molecule has 1 heterocycles. The van der Waals surface area contributed by atoms with Crippen LogP contribution >= 0.6 is 0 Å². The van der Waals surface area contributed by atoms with Crippen LogP contribution < -0.4 is 5.73 Å². The molecule has 1 rings (SSSR count). The number of hydrogen-bond acceptors (Lipinski definition) is 3. The van der Waals surface area contributed by atoms with Gasteiger partial charge >= 0.3 is 0 Å². The number of anilines is 1. The summed E-state index contributed by atoms with van der Waals surface area (Å²) < 4.78 is 1.55. The van der Waals surface area contributed by atoms with Crippen LogP contribution in [0.25, 0.3) is 0 Å². The second kappa shape index (κ2) is 3.75. The largest absolute Gasteiger partial charge is 0.368 e. The Balaban J connectivity index is 2.56.